The Hall–Kier alpha value is -2.25. The molecule has 162 valence electrons. The van der Waals surface area contributed by atoms with Crippen molar-refractivity contribution < 1.29 is 14.4 Å². The first kappa shape index (κ1) is 21.0. The summed E-state index contributed by atoms with van der Waals surface area (Å²) >= 11 is 0. The summed E-state index contributed by atoms with van der Waals surface area (Å²) < 4.78 is 0. The summed E-state index contributed by atoms with van der Waals surface area (Å²) in [6.07, 6.45) is 3.09. The molecule has 0 saturated carbocycles. The van der Waals surface area contributed by atoms with Crippen molar-refractivity contribution in [3.63, 3.8) is 0 Å². The van der Waals surface area contributed by atoms with E-state index in [1.807, 2.05) is 12.1 Å². The first-order valence-electron chi connectivity index (χ1n) is 11.1. The minimum atomic E-state index is -0.551. The molecule has 0 bridgehead atoms. The van der Waals surface area contributed by atoms with Crippen molar-refractivity contribution in [2.45, 2.75) is 64.7 Å². The lowest BCUT2D eigenvalue weighted by molar-refractivity contribution is -0.136. The average Bonchev–Trinajstić information content (AvgIpc) is 3.03. The van der Waals surface area contributed by atoms with Crippen LogP contribution in [0.1, 0.15) is 61.0 Å². The molecule has 0 spiro atoms. The predicted molar refractivity (Wildman–Crippen MR) is 114 cm³/mol. The van der Waals surface area contributed by atoms with E-state index < -0.39 is 6.04 Å². The van der Waals surface area contributed by atoms with Crippen LogP contribution in [0, 0.1) is 5.92 Å². The molecule has 3 aliphatic rings. The highest BCUT2D eigenvalue weighted by Gasteiger charge is 2.39. The van der Waals surface area contributed by atoms with Crippen molar-refractivity contribution in [1.82, 2.24) is 20.4 Å². The van der Waals surface area contributed by atoms with E-state index in [4.69, 9.17) is 0 Å². The fourth-order valence-electron chi connectivity index (χ4n) is 4.71. The Labute approximate surface area is 178 Å². The molecule has 3 aliphatic heterocycles. The molecule has 2 saturated heterocycles. The van der Waals surface area contributed by atoms with Gasteiger partial charge in [0.05, 0.1) is 0 Å². The molecule has 30 heavy (non-hydrogen) atoms. The summed E-state index contributed by atoms with van der Waals surface area (Å²) in [6, 6.07) is 6.10. The van der Waals surface area contributed by atoms with Crippen LogP contribution in [0.25, 0.3) is 0 Å². The fraction of sp³-hybridized carbons (Fsp3) is 0.609. The molecule has 7 heteroatoms. The molecule has 7 nitrogen and oxygen atoms in total. The van der Waals surface area contributed by atoms with Crippen molar-refractivity contribution >= 4 is 17.7 Å². The zero-order valence-corrected chi connectivity index (χ0v) is 17.9. The number of nitrogens with one attached hydrogen (secondary N) is 2. The van der Waals surface area contributed by atoms with Gasteiger partial charge in [0.25, 0.3) is 5.91 Å². The van der Waals surface area contributed by atoms with Crippen LogP contribution in [0.3, 0.4) is 0 Å². The second-order valence-electron chi connectivity index (χ2n) is 9.17. The number of fused-ring (bicyclic) bond motifs is 1. The van der Waals surface area contributed by atoms with Crippen molar-refractivity contribution in [3.8, 4) is 0 Å². The standard InChI is InChI=1S/C23H32N4O3/c1-15(2)24-12-16-7-9-26(10-8-16)13-17-3-4-18-14-27(23(30)19(18)11-17)20-5-6-21(28)25-22(20)29/h3-4,11,15-16,20,24H,5-10,12-14H2,1-2H3,(H,25,28,29). The number of likely N-dealkylation sites (tertiary alicyclic amines) is 1. The fourth-order valence-corrected chi connectivity index (χ4v) is 4.71. The van der Waals surface area contributed by atoms with E-state index in [1.54, 1.807) is 4.90 Å². The molecule has 0 aliphatic carbocycles. The van der Waals surface area contributed by atoms with E-state index in [2.05, 4.69) is 35.4 Å². The van der Waals surface area contributed by atoms with Crippen LogP contribution in [0.15, 0.2) is 18.2 Å². The molecule has 2 N–H and O–H groups in total. The third-order valence-electron chi connectivity index (χ3n) is 6.52. The number of amides is 3. The SMILES string of the molecule is CC(C)NCC1CCN(Cc2ccc3c(c2)C(=O)N(C2CCC(=O)NC2=O)C3)CC1. The van der Waals surface area contributed by atoms with E-state index in [0.717, 1.165) is 43.2 Å². The maximum absolute atomic E-state index is 13.0. The number of carbonyl (C=O) groups is 3. The topological polar surface area (TPSA) is 81.8 Å². The lowest BCUT2D eigenvalue weighted by atomic mass is 9.96. The molecule has 1 aromatic carbocycles. The van der Waals surface area contributed by atoms with Crippen LogP contribution >= 0.6 is 0 Å². The zero-order chi connectivity index (χ0) is 21.3. The number of rotatable bonds is 6. The van der Waals surface area contributed by atoms with E-state index in [1.165, 1.54) is 12.8 Å². The number of imide groups is 1. The minimum Gasteiger partial charge on any atom is -0.322 e. The van der Waals surface area contributed by atoms with Crippen LogP contribution in [0.5, 0.6) is 0 Å². The van der Waals surface area contributed by atoms with Crippen molar-refractivity contribution in [2.24, 2.45) is 5.92 Å². The second-order valence-corrected chi connectivity index (χ2v) is 9.17. The van der Waals surface area contributed by atoms with Gasteiger partial charge in [0.2, 0.25) is 11.8 Å². The number of piperidine rings is 2. The average molecular weight is 413 g/mol. The molecule has 3 amide bonds. The van der Waals surface area contributed by atoms with E-state index in [0.29, 0.717) is 24.6 Å². The minimum absolute atomic E-state index is 0.0974. The van der Waals surface area contributed by atoms with Crippen LogP contribution in [-0.2, 0) is 22.7 Å². The summed E-state index contributed by atoms with van der Waals surface area (Å²) in [5.41, 5.74) is 2.81. The Morgan fingerprint density at radius 2 is 1.90 bits per heavy atom. The van der Waals surface area contributed by atoms with Gasteiger partial charge < -0.3 is 10.2 Å². The number of nitrogens with zero attached hydrogens (tertiary/aromatic N) is 2. The Morgan fingerprint density at radius 3 is 2.60 bits per heavy atom. The molecule has 0 radical (unpaired) electrons. The van der Waals surface area contributed by atoms with Gasteiger partial charge in [0.1, 0.15) is 6.04 Å². The maximum atomic E-state index is 13.0. The van der Waals surface area contributed by atoms with Crippen LogP contribution in [0.4, 0.5) is 0 Å². The maximum Gasteiger partial charge on any atom is 0.255 e. The second kappa shape index (κ2) is 8.86. The molecule has 1 aromatic rings. The molecular weight excluding hydrogens is 380 g/mol. The third kappa shape index (κ3) is 4.57. The van der Waals surface area contributed by atoms with Crippen molar-refractivity contribution in [1.29, 1.82) is 0 Å². The van der Waals surface area contributed by atoms with E-state index >= 15 is 0 Å². The molecule has 2 fully saturated rings. The van der Waals surface area contributed by atoms with Gasteiger partial charge in [-0.3, -0.25) is 24.6 Å². The van der Waals surface area contributed by atoms with Crippen molar-refractivity contribution in [2.75, 3.05) is 19.6 Å². The Bertz CT molecular complexity index is 830. The summed E-state index contributed by atoms with van der Waals surface area (Å²) in [6.45, 7) is 8.92. The van der Waals surface area contributed by atoms with Gasteiger partial charge in [-0.1, -0.05) is 26.0 Å². The molecule has 0 aromatic heterocycles. The van der Waals surface area contributed by atoms with Crippen LogP contribution in [-0.4, -0.2) is 59.2 Å². The Balaban J connectivity index is 1.35. The summed E-state index contributed by atoms with van der Waals surface area (Å²) in [7, 11) is 0. The van der Waals surface area contributed by atoms with E-state index in [-0.39, 0.29) is 24.1 Å². The molecule has 1 unspecified atom stereocenters. The highest BCUT2D eigenvalue weighted by molar-refractivity contribution is 6.05. The molecule has 4 rings (SSSR count). The first-order valence-corrected chi connectivity index (χ1v) is 11.1. The normalized spacial score (nSPS) is 23.2. The van der Waals surface area contributed by atoms with Gasteiger partial charge >= 0.3 is 0 Å². The Morgan fingerprint density at radius 1 is 1.13 bits per heavy atom. The van der Waals surface area contributed by atoms with Crippen LogP contribution in [0.2, 0.25) is 0 Å². The highest BCUT2D eigenvalue weighted by atomic mass is 16.2. The summed E-state index contributed by atoms with van der Waals surface area (Å²) in [4.78, 5) is 40.7. The molecule has 3 heterocycles. The number of hydrogen-bond donors (Lipinski definition) is 2. The van der Waals surface area contributed by atoms with Crippen LogP contribution < -0.4 is 10.6 Å². The summed E-state index contributed by atoms with van der Waals surface area (Å²) in [5.74, 6) is 0.0288. The van der Waals surface area contributed by atoms with E-state index in [9.17, 15) is 14.4 Å². The van der Waals surface area contributed by atoms with Gasteiger partial charge in [0, 0.05) is 31.1 Å². The van der Waals surface area contributed by atoms with Crippen molar-refractivity contribution in [3.05, 3.63) is 34.9 Å². The molecule has 1 atom stereocenters. The van der Waals surface area contributed by atoms with Gasteiger partial charge in [-0.25, -0.2) is 0 Å². The highest BCUT2D eigenvalue weighted by Crippen LogP contribution is 2.29. The quantitative estimate of drug-likeness (QED) is 0.695. The van der Waals surface area contributed by atoms with Gasteiger partial charge in [-0.15, -0.1) is 0 Å². The van der Waals surface area contributed by atoms with Gasteiger partial charge in [-0.2, -0.15) is 0 Å². The Kier molecular flexibility index (Phi) is 6.20. The largest absolute Gasteiger partial charge is 0.322 e. The zero-order valence-electron chi connectivity index (χ0n) is 17.9. The number of hydrogen-bond acceptors (Lipinski definition) is 5. The smallest absolute Gasteiger partial charge is 0.255 e. The molecular formula is C23H32N4O3. The third-order valence-corrected chi connectivity index (χ3v) is 6.52. The number of carbonyl (C=O) groups excluding carboxylic acids is 3. The lowest BCUT2D eigenvalue weighted by Gasteiger charge is -2.32. The summed E-state index contributed by atoms with van der Waals surface area (Å²) in [5, 5.41) is 5.90. The number of benzene rings is 1. The monoisotopic (exact) mass is 412 g/mol. The first-order chi connectivity index (χ1) is 14.4. The predicted octanol–water partition coefficient (Wildman–Crippen LogP) is 1.66. The van der Waals surface area contributed by atoms with Gasteiger partial charge in [-0.05, 0) is 62.0 Å². The lowest BCUT2D eigenvalue weighted by Crippen LogP contribution is -2.52. The van der Waals surface area contributed by atoms with Gasteiger partial charge in [0.15, 0.2) is 0 Å².